The third-order valence-corrected chi connectivity index (χ3v) is 8.86. The van der Waals surface area contributed by atoms with Crippen LogP contribution in [0.25, 0.3) is 0 Å². The molecule has 202 valence electrons. The maximum atomic E-state index is 14.4. The molecule has 4 aliphatic rings. The van der Waals surface area contributed by atoms with Gasteiger partial charge in [-0.25, -0.2) is 10.3 Å². The van der Waals surface area contributed by atoms with E-state index >= 15 is 0 Å². The van der Waals surface area contributed by atoms with Crippen LogP contribution in [0.4, 0.5) is 5.69 Å². The molecule has 7 nitrogen and oxygen atoms in total. The Hall–Kier alpha value is -4.75. The second-order valence-corrected chi connectivity index (χ2v) is 10.8. The summed E-state index contributed by atoms with van der Waals surface area (Å²) in [6, 6.07) is 29.4. The molecule has 0 radical (unpaired) electrons. The summed E-state index contributed by atoms with van der Waals surface area (Å²) in [5, 5.41) is 4.78. The first-order chi connectivity index (χ1) is 20.0. The number of nitrogens with zero attached hydrogens (tertiary/aromatic N) is 2. The standard InChI is InChI=1S/C33H24ClN3O4/c1-41-20-10-8-9-19(17-20)30(38)36-35-18-33-23-13-4-2-11-21(23)27(22-12-3-5-14-24(22)33)28-29(33)32(40)37(31(28)39)26-16-7-6-15-25(26)34/h2-18,27-29H,1H3,(H,36,38)/b35-18-/t27?,28-,29-,33?/m1/s1. The van der Waals surface area contributed by atoms with Crippen LogP contribution in [0, 0.1) is 11.8 Å². The molecule has 3 aliphatic carbocycles. The van der Waals surface area contributed by atoms with E-state index in [1.54, 1.807) is 54.7 Å². The molecule has 0 unspecified atom stereocenters. The highest BCUT2D eigenvalue weighted by atomic mass is 35.5. The molecule has 8 heteroatoms. The largest absolute Gasteiger partial charge is 0.497 e. The van der Waals surface area contributed by atoms with Gasteiger partial charge < -0.3 is 4.74 Å². The molecule has 2 atom stereocenters. The topological polar surface area (TPSA) is 88.1 Å². The fraction of sp³-hybridized carbons (Fsp3) is 0.152. The number of benzene rings is 4. The van der Waals surface area contributed by atoms with Crippen molar-refractivity contribution in [1.82, 2.24) is 5.43 Å². The third-order valence-electron chi connectivity index (χ3n) is 8.54. The number of carbonyl (C=O) groups excluding carboxylic acids is 3. The van der Waals surface area contributed by atoms with E-state index in [-0.39, 0.29) is 17.7 Å². The van der Waals surface area contributed by atoms with Crippen molar-refractivity contribution in [3.8, 4) is 5.75 Å². The molecule has 41 heavy (non-hydrogen) atoms. The van der Waals surface area contributed by atoms with Crippen molar-refractivity contribution in [2.24, 2.45) is 16.9 Å². The molecule has 4 aromatic rings. The highest BCUT2D eigenvalue weighted by molar-refractivity contribution is 6.36. The van der Waals surface area contributed by atoms with Crippen LogP contribution in [0.3, 0.4) is 0 Å². The molecule has 3 amide bonds. The van der Waals surface area contributed by atoms with E-state index in [2.05, 4.69) is 10.5 Å². The quantitative estimate of drug-likeness (QED) is 0.203. The maximum Gasteiger partial charge on any atom is 0.271 e. The van der Waals surface area contributed by atoms with Gasteiger partial charge in [0.1, 0.15) is 5.75 Å². The summed E-state index contributed by atoms with van der Waals surface area (Å²) in [6.45, 7) is 0. The maximum absolute atomic E-state index is 14.4. The van der Waals surface area contributed by atoms with E-state index < -0.39 is 23.2 Å². The average molecular weight is 562 g/mol. The van der Waals surface area contributed by atoms with Crippen molar-refractivity contribution in [1.29, 1.82) is 0 Å². The van der Waals surface area contributed by atoms with E-state index in [1.807, 2.05) is 48.5 Å². The molecule has 8 rings (SSSR count). The summed E-state index contributed by atoms with van der Waals surface area (Å²) >= 11 is 6.50. The first-order valence-electron chi connectivity index (χ1n) is 13.3. The Balaban J connectivity index is 1.39. The van der Waals surface area contributed by atoms with Crippen LogP contribution < -0.4 is 15.1 Å². The lowest BCUT2D eigenvalue weighted by Gasteiger charge is -2.52. The van der Waals surface area contributed by atoms with Crippen molar-refractivity contribution < 1.29 is 19.1 Å². The van der Waals surface area contributed by atoms with Gasteiger partial charge in [-0.05, 0) is 52.6 Å². The lowest BCUT2D eigenvalue weighted by molar-refractivity contribution is -0.122. The van der Waals surface area contributed by atoms with Gasteiger partial charge in [-0.3, -0.25) is 14.4 Å². The summed E-state index contributed by atoms with van der Waals surface area (Å²) in [6.07, 6.45) is 1.64. The minimum atomic E-state index is -1.10. The molecule has 2 bridgehead atoms. The van der Waals surface area contributed by atoms with Crippen molar-refractivity contribution in [2.45, 2.75) is 11.3 Å². The van der Waals surface area contributed by atoms with Crippen LogP contribution >= 0.6 is 11.6 Å². The fourth-order valence-corrected chi connectivity index (χ4v) is 7.16. The second kappa shape index (κ2) is 9.42. The number of hydrogen-bond acceptors (Lipinski definition) is 5. The Morgan fingerprint density at radius 2 is 1.56 bits per heavy atom. The van der Waals surface area contributed by atoms with Gasteiger partial charge in [0.2, 0.25) is 11.8 Å². The number of ether oxygens (including phenoxy) is 1. The van der Waals surface area contributed by atoms with Crippen LogP contribution in [0.5, 0.6) is 5.75 Å². The minimum Gasteiger partial charge on any atom is -0.497 e. The van der Waals surface area contributed by atoms with E-state index in [4.69, 9.17) is 16.3 Å². The molecule has 0 saturated carbocycles. The molecule has 4 aromatic carbocycles. The molecule has 1 fully saturated rings. The molecule has 0 spiro atoms. The number of hydrogen-bond donors (Lipinski definition) is 1. The van der Waals surface area contributed by atoms with Crippen LogP contribution in [-0.2, 0) is 15.0 Å². The first-order valence-corrected chi connectivity index (χ1v) is 13.6. The van der Waals surface area contributed by atoms with Gasteiger partial charge in [0.15, 0.2) is 0 Å². The fourth-order valence-electron chi connectivity index (χ4n) is 6.94. The Morgan fingerprint density at radius 1 is 0.902 bits per heavy atom. The molecule has 1 heterocycles. The smallest absolute Gasteiger partial charge is 0.271 e. The van der Waals surface area contributed by atoms with E-state index in [0.29, 0.717) is 22.0 Å². The van der Waals surface area contributed by atoms with Gasteiger partial charge in [0.05, 0.1) is 35.1 Å². The number of hydrazone groups is 1. The normalized spacial score (nSPS) is 23.8. The zero-order chi connectivity index (χ0) is 28.3. The van der Waals surface area contributed by atoms with Gasteiger partial charge in [0.25, 0.3) is 5.91 Å². The first kappa shape index (κ1) is 25.2. The number of nitrogens with one attached hydrogen (secondary N) is 1. The minimum absolute atomic E-state index is 0.291. The average Bonchev–Trinajstić information content (AvgIpc) is 3.28. The Labute approximate surface area is 241 Å². The number of rotatable bonds is 5. The van der Waals surface area contributed by atoms with E-state index in [9.17, 15) is 14.4 Å². The predicted molar refractivity (Wildman–Crippen MR) is 155 cm³/mol. The highest BCUT2D eigenvalue weighted by Gasteiger charge is 2.68. The van der Waals surface area contributed by atoms with Crippen molar-refractivity contribution in [2.75, 3.05) is 12.0 Å². The van der Waals surface area contributed by atoms with Gasteiger partial charge in [-0.2, -0.15) is 5.10 Å². The Bertz CT molecular complexity index is 1740. The molecular formula is C33H24ClN3O4. The monoisotopic (exact) mass is 561 g/mol. The Morgan fingerprint density at radius 3 is 2.24 bits per heavy atom. The zero-order valence-corrected chi connectivity index (χ0v) is 22.7. The third kappa shape index (κ3) is 3.52. The highest BCUT2D eigenvalue weighted by Crippen LogP contribution is 2.63. The van der Waals surface area contributed by atoms with Crippen LogP contribution in [-0.4, -0.2) is 31.0 Å². The summed E-state index contributed by atoms with van der Waals surface area (Å²) in [5.74, 6) is -2.26. The van der Waals surface area contributed by atoms with E-state index in [0.717, 1.165) is 22.3 Å². The number of anilines is 1. The van der Waals surface area contributed by atoms with Gasteiger partial charge in [-0.1, -0.05) is 78.3 Å². The zero-order valence-electron chi connectivity index (χ0n) is 22.0. The number of imide groups is 1. The molecular weight excluding hydrogens is 538 g/mol. The van der Waals surface area contributed by atoms with Gasteiger partial charge >= 0.3 is 0 Å². The van der Waals surface area contributed by atoms with Crippen molar-refractivity contribution in [3.05, 3.63) is 130 Å². The number of carbonyl (C=O) groups is 3. The summed E-state index contributed by atoms with van der Waals surface area (Å²) < 4.78 is 5.24. The molecule has 1 aliphatic heterocycles. The molecule has 1 N–H and O–H groups in total. The van der Waals surface area contributed by atoms with Crippen molar-refractivity contribution >= 4 is 41.2 Å². The number of halogens is 1. The lowest BCUT2D eigenvalue weighted by atomic mass is 9.47. The summed E-state index contributed by atoms with van der Waals surface area (Å²) in [7, 11) is 1.53. The number of para-hydroxylation sites is 1. The van der Waals surface area contributed by atoms with Gasteiger partial charge in [0, 0.05) is 17.7 Å². The SMILES string of the molecule is COc1cccc(C(=O)N/N=C\C23c4ccccc4C(c4ccccc42)[C@H]2C(=O)N(c4ccccc4Cl)C(=O)[C@@H]23)c1. The molecule has 0 aromatic heterocycles. The number of methoxy groups -OCH3 is 1. The Kier molecular flexibility index (Phi) is 5.80. The second-order valence-electron chi connectivity index (χ2n) is 10.4. The van der Waals surface area contributed by atoms with Crippen LogP contribution in [0.15, 0.2) is 102 Å². The van der Waals surface area contributed by atoms with E-state index in [1.165, 1.54) is 12.0 Å². The van der Waals surface area contributed by atoms with Crippen LogP contribution in [0.1, 0.15) is 38.5 Å². The summed E-state index contributed by atoms with van der Waals surface area (Å²) in [5.41, 5.74) is 6.01. The van der Waals surface area contributed by atoms with Gasteiger partial charge in [-0.15, -0.1) is 0 Å². The predicted octanol–water partition coefficient (Wildman–Crippen LogP) is 5.32. The lowest BCUT2D eigenvalue weighted by Crippen LogP contribution is -2.54. The number of amides is 3. The molecule has 1 saturated heterocycles. The van der Waals surface area contributed by atoms with Crippen LogP contribution in [0.2, 0.25) is 5.02 Å². The summed E-state index contributed by atoms with van der Waals surface area (Å²) in [4.78, 5) is 42.9. The van der Waals surface area contributed by atoms with Crippen molar-refractivity contribution in [3.63, 3.8) is 0 Å².